The van der Waals surface area contributed by atoms with Gasteiger partial charge in [0.1, 0.15) is 5.69 Å². The van der Waals surface area contributed by atoms with Gasteiger partial charge in [-0.25, -0.2) is 0 Å². The Hall–Kier alpha value is -1.59. The van der Waals surface area contributed by atoms with Gasteiger partial charge in [-0.1, -0.05) is 25.3 Å². The normalized spacial score (nSPS) is 17.5. The number of alkyl halides is 3. The summed E-state index contributed by atoms with van der Waals surface area (Å²) in [5.41, 5.74) is -0.185. The van der Waals surface area contributed by atoms with E-state index >= 15 is 0 Å². The lowest BCUT2D eigenvalue weighted by Gasteiger charge is -2.36. The van der Waals surface area contributed by atoms with Crippen molar-refractivity contribution >= 4 is 5.97 Å². The third-order valence-corrected chi connectivity index (χ3v) is 4.80. The van der Waals surface area contributed by atoms with E-state index in [1.54, 1.807) is 6.92 Å². The first kappa shape index (κ1) is 18.7. The molecule has 1 saturated carbocycles. The van der Waals surface area contributed by atoms with Crippen molar-refractivity contribution in [3.63, 3.8) is 0 Å². The smallest absolute Gasteiger partial charge is 0.433 e. The number of aryl methyl sites for hydroxylation is 1. The fourth-order valence-corrected chi connectivity index (χ4v) is 3.48. The lowest BCUT2D eigenvalue weighted by Crippen LogP contribution is -2.29. The fraction of sp³-hybridized carbons (Fsp3) is 0.667. The summed E-state index contributed by atoms with van der Waals surface area (Å²) in [5, 5.41) is 0. The monoisotopic (exact) mass is 343 g/mol. The summed E-state index contributed by atoms with van der Waals surface area (Å²) in [6.07, 6.45) is 3.98. The molecule has 0 radical (unpaired) electrons. The van der Waals surface area contributed by atoms with E-state index in [2.05, 4.69) is 4.98 Å². The van der Waals surface area contributed by atoms with Crippen molar-refractivity contribution in [2.75, 3.05) is 6.61 Å². The molecule has 0 aliphatic heterocycles. The molecule has 6 heteroatoms. The number of hydrogen-bond acceptors (Lipinski definition) is 3. The predicted molar refractivity (Wildman–Crippen MR) is 84.3 cm³/mol. The maximum absolute atomic E-state index is 12.6. The molecular formula is C18H24F3NO2. The number of nitrogens with zero attached hydrogens (tertiary/aromatic N) is 1. The van der Waals surface area contributed by atoms with Gasteiger partial charge in [-0.05, 0) is 49.7 Å². The van der Waals surface area contributed by atoms with Crippen LogP contribution in [0, 0.1) is 5.41 Å². The minimum Gasteiger partial charge on any atom is -0.466 e. The van der Waals surface area contributed by atoms with Crippen molar-refractivity contribution in [2.24, 2.45) is 5.41 Å². The Kier molecular flexibility index (Phi) is 6.24. The van der Waals surface area contributed by atoms with Crippen LogP contribution in [0.2, 0.25) is 0 Å². The lowest BCUT2D eigenvalue weighted by molar-refractivity contribution is -0.146. The summed E-state index contributed by atoms with van der Waals surface area (Å²) in [6, 6.07) is 2.50. The maximum atomic E-state index is 12.6. The van der Waals surface area contributed by atoms with E-state index in [9.17, 15) is 18.0 Å². The van der Waals surface area contributed by atoms with Crippen molar-refractivity contribution in [1.82, 2.24) is 4.98 Å². The summed E-state index contributed by atoms with van der Waals surface area (Å²) in [6.45, 7) is 2.16. The van der Waals surface area contributed by atoms with Gasteiger partial charge in [0.25, 0.3) is 0 Å². The Morgan fingerprint density at radius 1 is 1.25 bits per heavy atom. The van der Waals surface area contributed by atoms with Crippen LogP contribution < -0.4 is 0 Å². The molecule has 2 rings (SSSR count). The summed E-state index contributed by atoms with van der Waals surface area (Å²) >= 11 is 0. The highest BCUT2D eigenvalue weighted by Crippen LogP contribution is 2.43. The predicted octanol–water partition coefficient (Wildman–Crippen LogP) is 4.94. The van der Waals surface area contributed by atoms with Crippen LogP contribution in [0.5, 0.6) is 0 Å². The van der Waals surface area contributed by atoms with Crippen LogP contribution in [0.15, 0.2) is 18.3 Å². The Morgan fingerprint density at radius 2 is 1.96 bits per heavy atom. The third kappa shape index (κ3) is 5.21. The van der Waals surface area contributed by atoms with Crippen molar-refractivity contribution in [3.8, 4) is 0 Å². The van der Waals surface area contributed by atoms with Gasteiger partial charge in [0.15, 0.2) is 0 Å². The Labute approximate surface area is 140 Å². The minimum atomic E-state index is -4.41. The van der Waals surface area contributed by atoms with E-state index in [0.29, 0.717) is 19.4 Å². The first-order valence-corrected chi connectivity index (χ1v) is 8.52. The second kappa shape index (κ2) is 7.99. The fourth-order valence-electron chi connectivity index (χ4n) is 3.48. The molecule has 1 heterocycles. The van der Waals surface area contributed by atoms with Crippen molar-refractivity contribution < 1.29 is 22.7 Å². The van der Waals surface area contributed by atoms with E-state index in [1.165, 1.54) is 18.7 Å². The largest absolute Gasteiger partial charge is 0.466 e. The number of ether oxygens (including phenoxy) is 1. The molecule has 24 heavy (non-hydrogen) atoms. The maximum Gasteiger partial charge on any atom is 0.433 e. The zero-order chi connectivity index (χ0) is 17.6. The second-order valence-corrected chi connectivity index (χ2v) is 6.59. The Bertz CT molecular complexity index is 534. The summed E-state index contributed by atoms with van der Waals surface area (Å²) in [5.74, 6) is -0.176. The van der Waals surface area contributed by atoms with Crippen LogP contribution >= 0.6 is 0 Å². The number of pyridine rings is 1. The summed E-state index contributed by atoms with van der Waals surface area (Å²) < 4.78 is 42.8. The highest BCUT2D eigenvalue weighted by Gasteiger charge is 2.35. The van der Waals surface area contributed by atoms with Crippen LogP contribution in [-0.4, -0.2) is 17.6 Å². The van der Waals surface area contributed by atoms with Gasteiger partial charge in [0.2, 0.25) is 0 Å². The van der Waals surface area contributed by atoms with E-state index in [4.69, 9.17) is 4.74 Å². The third-order valence-electron chi connectivity index (χ3n) is 4.80. The molecule has 1 aromatic rings. The summed E-state index contributed by atoms with van der Waals surface area (Å²) in [7, 11) is 0. The highest BCUT2D eigenvalue weighted by molar-refractivity contribution is 5.70. The SMILES string of the molecule is CCOC(=O)CC1(CCc2ccc(C(F)(F)F)nc2)CCCCC1. The molecule has 0 amide bonds. The molecule has 0 atom stereocenters. The molecule has 0 spiro atoms. The van der Waals surface area contributed by atoms with Gasteiger partial charge < -0.3 is 4.74 Å². The van der Waals surface area contributed by atoms with E-state index < -0.39 is 11.9 Å². The first-order valence-electron chi connectivity index (χ1n) is 8.52. The van der Waals surface area contributed by atoms with Gasteiger partial charge in [0, 0.05) is 6.20 Å². The molecule has 134 valence electrons. The van der Waals surface area contributed by atoms with Crippen molar-refractivity contribution in [2.45, 2.75) is 64.5 Å². The van der Waals surface area contributed by atoms with E-state index in [-0.39, 0.29) is 11.4 Å². The number of aromatic nitrogens is 1. The zero-order valence-electron chi connectivity index (χ0n) is 14.0. The highest BCUT2D eigenvalue weighted by atomic mass is 19.4. The van der Waals surface area contributed by atoms with Crippen LogP contribution in [0.1, 0.15) is 63.1 Å². The molecule has 0 saturated heterocycles. The number of hydrogen-bond donors (Lipinski definition) is 0. The molecule has 0 unspecified atom stereocenters. The molecule has 0 N–H and O–H groups in total. The number of rotatable bonds is 6. The van der Waals surface area contributed by atoms with Gasteiger partial charge in [0.05, 0.1) is 13.0 Å². The average molecular weight is 343 g/mol. The number of esters is 1. The molecule has 3 nitrogen and oxygen atoms in total. The molecule has 0 aromatic carbocycles. The Morgan fingerprint density at radius 3 is 2.50 bits per heavy atom. The average Bonchev–Trinajstić information content (AvgIpc) is 2.54. The topological polar surface area (TPSA) is 39.2 Å². The number of halogens is 3. The molecule has 1 aromatic heterocycles. The quantitative estimate of drug-likeness (QED) is 0.687. The van der Waals surface area contributed by atoms with Gasteiger partial charge >= 0.3 is 12.1 Å². The molecule has 1 aliphatic carbocycles. The van der Waals surface area contributed by atoms with E-state index in [0.717, 1.165) is 43.7 Å². The van der Waals surface area contributed by atoms with Crippen molar-refractivity contribution in [1.29, 1.82) is 0 Å². The van der Waals surface area contributed by atoms with Crippen LogP contribution in [0.25, 0.3) is 0 Å². The number of carbonyl (C=O) groups is 1. The van der Waals surface area contributed by atoms with E-state index in [1.807, 2.05) is 0 Å². The van der Waals surface area contributed by atoms with Crippen molar-refractivity contribution in [3.05, 3.63) is 29.6 Å². The number of carbonyl (C=O) groups excluding carboxylic acids is 1. The van der Waals surface area contributed by atoms with Crippen LogP contribution in [0.3, 0.4) is 0 Å². The molecule has 0 bridgehead atoms. The first-order chi connectivity index (χ1) is 11.3. The van der Waals surface area contributed by atoms with Gasteiger partial charge in [-0.15, -0.1) is 0 Å². The van der Waals surface area contributed by atoms with Crippen LogP contribution in [0.4, 0.5) is 13.2 Å². The minimum absolute atomic E-state index is 0.0901. The van der Waals surface area contributed by atoms with Gasteiger partial charge in [-0.2, -0.15) is 13.2 Å². The molecule has 1 aliphatic rings. The van der Waals surface area contributed by atoms with Gasteiger partial charge in [-0.3, -0.25) is 9.78 Å². The standard InChI is InChI=1S/C18H24F3NO2/c1-2-24-16(23)12-17(9-4-3-5-10-17)11-8-14-6-7-15(22-13-14)18(19,20)21/h6-7,13H,2-5,8-12H2,1H3. The summed E-state index contributed by atoms with van der Waals surface area (Å²) in [4.78, 5) is 15.4. The molecule has 1 fully saturated rings. The zero-order valence-corrected chi connectivity index (χ0v) is 14.0. The second-order valence-electron chi connectivity index (χ2n) is 6.59. The lowest BCUT2D eigenvalue weighted by atomic mass is 9.68. The molecular weight excluding hydrogens is 319 g/mol. The van der Waals surface area contributed by atoms with Crippen LogP contribution in [-0.2, 0) is 22.1 Å². The Balaban J connectivity index is 2.00.